The number of nitrogens with one attached hydrogen (secondary N) is 1. The second-order valence-corrected chi connectivity index (χ2v) is 7.61. The van der Waals surface area contributed by atoms with Crippen molar-refractivity contribution in [3.8, 4) is 5.75 Å². The summed E-state index contributed by atoms with van der Waals surface area (Å²) in [5, 5.41) is 4.72. The molecule has 0 spiro atoms. The Hall–Kier alpha value is -2.76. The molecule has 1 amide bonds. The summed E-state index contributed by atoms with van der Waals surface area (Å²) in [6.45, 7) is 0.524. The standard InChI is InChI=1S/C23H21ClN2O2S/c24-22-9-5-4-8-20(22)16-29-17-23(27)26-25-14-18-10-12-21(13-11-18)28-15-19-6-2-1-3-7-19/h1-14H,15-17H2,(H,26,27)/b25-14-. The van der Waals surface area contributed by atoms with Crippen molar-refractivity contribution in [1.82, 2.24) is 5.43 Å². The van der Waals surface area contributed by atoms with Gasteiger partial charge in [-0.25, -0.2) is 5.43 Å². The fourth-order valence-electron chi connectivity index (χ4n) is 2.47. The molecule has 3 aromatic rings. The molecule has 0 unspecified atom stereocenters. The van der Waals surface area contributed by atoms with Gasteiger partial charge in [0.1, 0.15) is 12.4 Å². The Morgan fingerprint density at radius 3 is 2.48 bits per heavy atom. The molecule has 0 heterocycles. The Labute approximate surface area is 179 Å². The van der Waals surface area contributed by atoms with Gasteiger partial charge >= 0.3 is 0 Å². The number of hydrogen-bond donors (Lipinski definition) is 1. The number of carbonyl (C=O) groups excluding carboxylic acids is 1. The van der Waals surface area contributed by atoms with Crippen molar-refractivity contribution < 1.29 is 9.53 Å². The average molecular weight is 425 g/mol. The van der Waals surface area contributed by atoms with E-state index in [1.165, 1.54) is 11.8 Å². The maximum Gasteiger partial charge on any atom is 0.250 e. The highest BCUT2D eigenvalue weighted by Gasteiger charge is 2.03. The minimum Gasteiger partial charge on any atom is -0.489 e. The first kappa shape index (κ1) is 21.0. The number of thioether (sulfide) groups is 1. The van der Waals surface area contributed by atoms with Crippen LogP contribution in [-0.4, -0.2) is 17.9 Å². The molecular weight excluding hydrogens is 404 g/mol. The summed E-state index contributed by atoms with van der Waals surface area (Å²) >= 11 is 7.60. The molecule has 0 radical (unpaired) electrons. The smallest absolute Gasteiger partial charge is 0.250 e. The summed E-state index contributed by atoms with van der Waals surface area (Å²) in [5.74, 6) is 1.63. The maximum atomic E-state index is 11.9. The van der Waals surface area contributed by atoms with Crippen LogP contribution in [0.3, 0.4) is 0 Å². The SMILES string of the molecule is O=C(CSCc1ccccc1Cl)N/N=C\c1ccc(OCc2ccccc2)cc1. The van der Waals surface area contributed by atoms with Gasteiger partial charge in [-0.15, -0.1) is 11.8 Å². The third-order valence-corrected chi connectivity index (χ3v) is 5.33. The van der Waals surface area contributed by atoms with Crippen molar-refractivity contribution in [2.75, 3.05) is 5.75 Å². The van der Waals surface area contributed by atoms with Crippen LogP contribution >= 0.6 is 23.4 Å². The highest BCUT2D eigenvalue weighted by molar-refractivity contribution is 7.99. The van der Waals surface area contributed by atoms with E-state index in [9.17, 15) is 4.79 Å². The number of hydrazone groups is 1. The molecule has 3 aromatic carbocycles. The molecule has 0 fully saturated rings. The van der Waals surface area contributed by atoms with Crippen LogP contribution in [0.2, 0.25) is 5.02 Å². The second kappa shape index (κ2) is 11.3. The van der Waals surface area contributed by atoms with Gasteiger partial charge in [0.25, 0.3) is 0 Å². The quantitative estimate of drug-likeness (QED) is 0.374. The Morgan fingerprint density at radius 1 is 1.00 bits per heavy atom. The molecule has 0 saturated heterocycles. The number of carbonyl (C=O) groups is 1. The van der Waals surface area contributed by atoms with Crippen LogP contribution < -0.4 is 10.2 Å². The fourth-order valence-corrected chi connectivity index (χ4v) is 3.58. The largest absolute Gasteiger partial charge is 0.489 e. The van der Waals surface area contributed by atoms with Crippen LogP contribution in [0, 0.1) is 0 Å². The van der Waals surface area contributed by atoms with Gasteiger partial charge in [-0.1, -0.05) is 60.1 Å². The normalized spacial score (nSPS) is 10.8. The third-order valence-electron chi connectivity index (χ3n) is 3.98. The number of rotatable bonds is 9. The molecule has 0 aliphatic heterocycles. The molecule has 0 aliphatic carbocycles. The zero-order valence-corrected chi connectivity index (χ0v) is 17.3. The lowest BCUT2D eigenvalue weighted by Crippen LogP contribution is -2.19. The molecule has 0 bridgehead atoms. The van der Waals surface area contributed by atoms with E-state index in [4.69, 9.17) is 16.3 Å². The lowest BCUT2D eigenvalue weighted by atomic mass is 10.2. The minimum absolute atomic E-state index is 0.152. The molecule has 0 saturated carbocycles. The highest BCUT2D eigenvalue weighted by atomic mass is 35.5. The van der Waals surface area contributed by atoms with E-state index < -0.39 is 0 Å². The number of amides is 1. The molecular formula is C23H21ClN2O2S. The van der Waals surface area contributed by atoms with Crippen LogP contribution in [0.15, 0.2) is 84.0 Å². The summed E-state index contributed by atoms with van der Waals surface area (Å²) in [5.41, 5.74) is 5.55. The number of nitrogens with zero attached hydrogens (tertiary/aromatic N) is 1. The van der Waals surface area contributed by atoms with Crippen molar-refractivity contribution in [2.45, 2.75) is 12.4 Å². The molecule has 4 nitrogen and oxygen atoms in total. The molecule has 6 heteroatoms. The Kier molecular flexibility index (Phi) is 8.16. The van der Waals surface area contributed by atoms with Crippen molar-refractivity contribution in [2.24, 2.45) is 5.10 Å². The number of ether oxygens (including phenoxy) is 1. The van der Waals surface area contributed by atoms with Crippen LogP contribution in [0.25, 0.3) is 0 Å². The van der Waals surface area contributed by atoms with Crippen molar-refractivity contribution in [1.29, 1.82) is 0 Å². The lowest BCUT2D eigenvalue weighted by molar-refractivity contribution is -0.118. The number of halogens is 1. The van der Waals surface area contributed by atoms with Crippen molar-refractivity contribution in [3.05, 3.63) is 101 Å². The van der Waals surface area contributed by atoms with E-state index in [0.29, 0.717) is 18.1 Å². The van der Waals surface area contributed by atoms with Gasteiger partial charge in [0.15, 0.2) is 0 Å². The van der Waals surface area contributed by atoms with Gasteiger partial charge in [0, 0.05) is 10.8 Å². The first-order chi connectivity index (χ1) is 14.2. The number of benzene rings is 3. The average Bonchev–Trinajstić information content (AvgIpc) is 2.75. The number of hydrogen-bond acceptors (Lipinski definition) is 4. The molecule has 29 heavy (non-hydrogen) atoms. The van der Waals surface area contributed by atoms with Crippen molar-refractivity contribution >= 4 is 35.5 Å². The zero-order valence-electron chi connectivity index (χ0n) is 15.8. The van der Waals surface area contributed by atoms with E-state index in [2.05, 4.69) is 10.5 Å². The molecule has 0 aliphatic rings. The lowest BCUT2D eigenvalue weighted by Gasteiger charge is -2.06. The van der Waals surface area contributed by atoms with E-state index in [-0.39, 0.29) is 5.91 Å². The summed E-state index contributed by atoms with van der Waals surface area (Å²) < 4.78 is 5.75. The van der Waals surface area contributed by atoms with Gasteiger partial charge in [-0.2, -0.15) is 5.10 Å². The molecule has 3 rings (SSSR count). The molecule has 0 aromatic heterocycles. The van der Waals surface area contributed by atoms with Crippen molar-refractivity contribution in [3.63, 3.8) is 0 Å². The van der Waals surface area contributed by atoms with E-state index >= 15 is 0 Å². The summed E-state index contributed by atoms with van der Waals surface area (Å²) in [4.78, 5) is 11.9. The van der Waals surface area contributed by atoms with Crippen LogP contribution in [0.4, 0.5) is 0 Å². The maximum absolute atomic E-state index is 11.9. The summed E-state index contributed by atoms with van der Waals surface area (Å²) in [7, 11) is 0. The Balaban J connectivity index is 1.38. The predicted molar refractivity (Wildman–Crippen MR) is 121 cm³/mol. The molecule has 1 N–H and O–H groups in total. The Morgan fingerprint density at radius 2 is 1.72 bits per heavy atom. The topological polar surface area (TPSA) is 50.7 Å². The first-order valence-corrected chi connectivity index (χ1v) is 10.6. The van der Waals surface area contributed by atoms with E-state index in [1.807, 2.05) is 78.9 Å². The summed E-state index contributed by atoms with van der Waals surface area (Å²) in [6, 6.07) is 25.2. The third kappa shape index (κ3) is 7.29. The minimum atomic E-state index is -0.152. The Bertz CT molecular complexity index is 947. The predicted octanol–water partition coefficient (Wildman–Crippen LogP) is 5.30. The van der Waals surface area contributed by atoms with Gasteiger partial charge in [-0.05, 0) is 47.0 Å². The van der Waals surface area contributed by atoms with E-state index in [1.54, 1.807) is 6.21 Å². The second-order valence-electron chi connectivity index (χ2n) is 6.22. The first-order valence-electron chi connectivity index (χ1n) is 9.10. The molecule has 0 atom stereocenters. The zero-order chi connectivity index (χ0) is 20.3. The van der Waals surface area contributed by atoms with Gasteiger partial charge in [-0.3, -0.25) is 4.79 Å². The van der Waals surface area contributed by atoms with Crippen LogP contribution in [-0.2, 0) is 17.2 Å². The fraction of sp³-hybridized carbons (Fsp3) is 0.130. The highest BCUT2D eigenvalue weighted by Crippen LogP contribution is 2.20. The van der Waals surface area contributed by atoms with E-state index in [0.717, 1.165) is 27.5 Å². The van der Waals surface area contributed by atoms with Gasteiger partial charge in [0.2, 0.25) is 5.91 Å². The monoisotopic (exact) mass is 424 g/mol. The van der Waals surface area contributed by atoms with Gasteiger partial charge < -0.3 is 4.74 Å². The molecule has 148 valence electrons. The van der Waals surface area contributed by atoms with Crippen LogP contribution in [0.1, 0.15) is 16.7 Å². The summed E-state index contributed by atoms with van der Waals surface area (Å²) in [6.07, 6.45) is 1.61. The van der Waals surface area contributed by atoms with Crippen LogP contribution in [0.5, 0.6) is 5.75 Å². The van der Waals surface area contributed by atoms with Gasteiger partial charge in [0.05, 0.1) is 12.0 Å².